The molecule has 2 aromatic carbocycles. The lowest BCUT2D eigenvalue weighted by Crippen LogP contribution is -2.36. The molecule has 2 aliphatic heterocycles. The Balaban J connectivity index is 1.69. The zero-order valence-electron chi connectivity index (χ0n) is 14.6. The molecule has 10 heteroatoms. The number of halogens is 3. The molecule has 0 atom stereocenters. The van der Waals surface area contributed by atoms with Gasteiger partial charge in [0.05, 0.1) is 5.69 Å². The molecule has 2 aromatic rings. The van der Waals surface area contributed by atoms with E-state index < -0.39 is 28.7 Å². The van der Waals surface area contributed by atoms with E-state index in [1.807, 2.05) is 0 Å². The Morgan fingerprint density at radius 1 is 1.03 bits per heavy atom. The third-order valence-corrected chi connectivity index (χ3v) is 4.17. The second kappa shape index (κ2) is 7.23. The summed E-state index contributed by atoms with van der Waals surface area (Å²) in [6.45, 7) is -0.0221. The maximum absolute atomic E-state index is 13.7. The Kier molecular flexibility index (Phi) is 4.59. The number of nitrogens with one attached hydrogen (secondary N) is 2. The Morgan fingerprint density at radius 3 is 2.59 bits per heavy atom. The van der Waals surface area contributed by atoms with Crippen molar-refractivity contribution in [2.75, 3.05) is 5.32 Å². The first-order valence-electron chi connectivity index (χ1n) is 8.38. The second-order valence-corrected chi connectivity index (χ2v) is 6.10. The number of hydrogen-bond donors (Lipinski definition) is 2. The van der Waals surface area contributed by atoms with E-state index in [-0.39, 0.29) is 35.1 Å². The molecule has 0 aliphatic carbocycles. The number of aromatic amines is 1. The van der Waals surface area contributed by atoms with E-state index >= 15 is 0 Å². The van der Waals surface area contributed by atoms with Crippen molar-refractivity contribution >= 4 is 5.95 Å². The fourth-order valence-electron chi connectivity index (χ4n) is 2.78. The first-order chi connectivity index (χ1) is 13.9. The number of hydrogen-bond acceptors (Lipinski definition) is 5. The van der Waals surface area contributed by atoms with Crippen molar-refractivity contribution in [3.8, 4) is 17.1 Å². The smallest absolute Gasteiger partial charge is 0.352 e. The van der Waals surface area contributed by atoms with Gasteiger partial charge in [-0.05, 0) is 24.3 Å². The lowest BCUT2D eigenvalue weighted by molar-refractivity contribution is 0.574. The number of fused-ring (bicyclic) bond motifs is 1. The van der Waals surface area contributed by atoms with Gasteiger partial charge in [-0.15, -0.1) is 0 Å². The van der Waals surface area contributed by atoms with Gasteiger partial charge in [0, 0.05) is 24.4 Å². The summed E-state index contributed by atoms with van der Waals surface area (Å²) in [5.74, 6) is -1.94. The van der Waals surface area contributed by atoms with Crippen LogP contribution in [0.3, 0.4) is 0 Å². The van der Waals surface area contributed by atoms with Crippen LogP contribution in [-0.4, -0.2) is 19.5 Å². The predicted molar refractivity (Wildman–Crippen MR) is 98.5 cm³/mol. The minimum absolute atomic E-state index is 0.00683. The van der Waals surface area contributed by atoms with Crippen LogP contribution in [0.2, 0.25) is 0 Å². The number of anilines is 1. The molecule has 0 saturated carbocycles. The van der Waals surface area contributed by atoms with Crippen LogP contribution in [0.15, 0.2) is 58.3 Å². The Bertz CT molecular complexity index is 1300. The van der Waals surface area contributed by atoms with Crippen molar-refractivity contribution in [2.45, 2.75) is 6.54 Å². The number of H-pyrrole nitrogens is 1. The van der Waals surface area contributed by atoms with Gasteiger partial charge in [0.2, 0.25) is 5.95 Å². The molecular weight excluding hydrogens is 387 g/mol. The molecule has 0 fully saturated rings. The van der Waals surface area contributed by atoms with Gasteiger partial charge < -0.3 is 10.3 Å². The SMILES string of the molecule is O=c1nc2[nH]c(NCc3ccc(F)cc3F)ncc-2c(=O)n1-c1cccc(F)c1. The van der Waals surface area contributed by atoms with Crippen molar-refractivity contribution in [3.63, 3.8) is 0 Å². The molecule has 7 nitrogen and oxygen atoms in total. The molecule has 0 radical (unpaired) electrons. The van der Waals surface area contributed by atoms with Gasteiger partial charge in [-0.25, -0.2) is 27.5 Å². The molecule has 2 aliphatic rings. The second-order valence-electron chi connectivity index (χ2n) is 6.10. The molecule has 4 rings (SSSR count). The third-order valence-electron chi connectivity index (χ3n) is 4.17. The molecule has 0 aromatic heterocycles. The molecule has 2 N–H and O–H groups in total. The highest BCUT2D eigenvalue weighted by molar-refractivity contribution is 5.56. The Hall–Kier alpha value is -3.95. The lowest BCUT2D eigenvalue weighted by atomic mass is 10.2. The van der Waals surface area contributed by atoms with E-state index in [0.29, 0.717) is 0 Å². The minimum Gasteiger partial charge on any atom is -0.352 e. The highest BCUT2D eigenvalue weighted by atomic mass is 19.1. The van der Waals surface area contributed by atoms with Gasteiger partial charge in [0.25, 0.3) is 5.56 Å². The van der Waals surface area contributed by atoms with E-state index in [1.54, 1.807) is 0 Å². The highest BCUT2D eigenvalue weighted by Gasteiger charge is 2.17. The van der Waals surface area contributed by atoms with Crippen LogP contribution >= 0.6 is 0 Å². The van der Waals surface area contributed by atoms with Crippen LogP contribution in [-0.2, 0) is 6.54 Å². The van der Waals surface area contributed by atoms with Crippen LogP contribution in [0.1, 0.15) is 5.56 Å². The topological polar surface area (TPSA) is 92.7 Å². The summed E-state index contributed by atoms with van der Waals surface area (Å²) < 4.78 is 40.9. The number of nitrogens with zero attached hydrogens (tertiary/aromatic N) is 3. The Morgan fingerprint density at radius 2 is 1.83 bits per heavy atom. The van der Waals surface area contributed by atoms with Crippen molar-refractivity contribution in [1.29, 1.82) is 0 Å². The fourth-order valence-corrected chi connectivity index (χ4v) is 2.78. The molecular formula is C19H12F3N5O2. The molecule has 0 unspecified atom stereocenters. The molecule has 0 bridgehead atoms. The zero-order chi connectivity index (χ0) is 20.5. The Labute approximate surface area is 160 Å². The largest absolute Gasteiger partial charge is 0.357 e. The molecule has 146 valence electrons. The van der Waals surface area contributed by atoms with Crippen molar-refractivity contribution in [1.82, 2.24) is 19.5 Å². The van der Waals surface area contributed by atoms with Crippen LogP contribution in [0.4, 0.5) is 19.1 Å². The first-order valence-corrected chi connectivity index (χ1v) is 8.38. The van der Waals surface area contributed by atoms with E-state index in [0.717, 1.165) is 22.8 Å². The highest BCUT2D eigenvalue weighted by Crippen LogP contribution is 2.15. The van der Waals surface area contributed by atoms with Gasteiger partial charge >= 0.3 is 5.69 Å². The van der Waals surface area contributed by atoms with Crippen molar-refractivity contribution in [2.24, 2.45) is 0 Å². The lowest BCUT2D eigenvalue weighted by Gasteiger charge is -2.11. The molecule has 2 heterocycles. The van der Waals surface area contributed by atoms with Gasteiger partial charge in [0.1, 0.15) is 23.0 Å². The third kappa shape index (κ3) is 3.59. The normalized spacial score (nSPS) is 11.0. The number of benzene rings is 2. The summed E-state index contributed by atoms with van der Waals surface area (Å²) in [5.41, 5.74) is -1.37. The van der Waals surface area contributed by atoms with Crippen LogP contribution < -0.4 is 16.6 Å². The monoisotopic (exact) mass is 399 g/mol. The summed E-state index contributed by atoms with van der Waals surface area (Å²) in [7, 11) is 0. The van der Waals surface area contributed by atoms with Crippen LogP contribution in [0.25, 0.3) is 17.1 Å². The number of rotatable bonds is 4. The number of aromatic nitrogens is 4. The predicted octanol–water partition coefficient (Wildman–Crippen LogP) is 2.45. The average Bonchev–Trinajstić information content (AvgIpc) is 2.67. The summed E-state index contributed by atoms with van der Waals surface area (Å²) in [6, 6.07) is 8.17. The summed E-state index contributed by atoms with van der Waals surface area (Å²) in [4.78, 5) is 35.5. The van der Waals surface area contributed by atoms with E-state index in [1.165, 1.54) is 30.5 Å². The van der Waals surface area contributed by atoms with E-state index in [9.17, 15) is 22.8 Å². The minimum atomic E-state index is -0.897. The average molecular weight is 399 g/mol. The van der Waals surface area contributed by atoms with Gasteiger partial charge in [-0.1, -0.05) is 12.1 Å². The summed E-state index contributed by atoms with van der Waals surface area (Å²) in [5, 5.41) is 2.78. The molecule has 29 heavy (non-hydrogen) atoms. The van der Waals surface area contributed by atoms with Crippen molar-refractivity contribution in [3.05, 3.63) is 92.5 Å². The quantitative estimate of drug-likeness (QED) is 0.550. The maximum atomic E-state index is 13.7. The molecule has 0 amide bonds. The van der Waals surface area contributed by atoms with E-state index in [4.69, 9.17) is 0 Å². The standard InChI is InChI=1S/C19H12F3N5O2/c20-11-2-1-3-13(6-11)27-17(28)14-9-24-18(25-16(14)26-19(27)29)23-8-10-4-5-12(21)7-15(10)22/h1-7,9H,8H2,(H2,23,24,25,26,29). The van der Waals surface area contributed by atoms with E-state index in [2.05, 4.69) is 20.3 Å². The fraction of sp³-hybridized carbons (Fsp3) is 0.0526. The first kappa shape index (κ1) is 18.4. The van der Waals surface area contributed by atoms with Gasteiger partial charge in [-0.3, -0.25) is 4.79 Å². The van der Waals surface area contributed by atoms with Gasteiger partial charge in [-0.2, -0.15) is 4.98 Å². The molecule has 0 saturated heterocycles. The van der Waals surface area contributed by atoms with Crippen LogP contribution in [0.5, 0.6) is 0 Å². The summed E-state index contributed by atoms with van der Waals surface area (Å²) in [6.07, 6.45) is 1.19. The summed E-state index contributed by atoms with van der Waals surface area (Å²) >= 11 is 0. The van der Waals surface area contributed by atoms with Crippen molar-refractivity contribution < 1.29 is 13.2 Å². The molecule has 0 spiro atoms. The van der Waals surface area contributed by atoms with Gasteiger partial charge in [0.15, 0.2) is 5.82 Å². The zero-order valence-corrected chi connectivity index (χ0v) is 14.6. The van der Waals surface area contributed by atoms with Crippen LogP contribution in [0, 0.1) is 17.5 Å². The maximum Gasteiger partial charge on any atom is 0.357 e.